The van der Waals surface area contributed by atoms with Gasteiger partial charge in [-0.25, -0.2) is 0 Å². The number of aryl methyl sites for hydroxylation is 1. The highest BCUT2D eigenvalue weighted by molar-refractivity contribution is 8.00. The van der Waals surface area contributed by atoms with Crippen molar-refractivity contribution >= 4 is 34.1 Å². The van der Waals surface area contributed by atoms with E-state index in [2.05, 4.69) is 20.6 Å². The van der Waals surface area contributed by atoms with Gasteiger partial charge in [0.15, 0.2) is 4.34 Å². The molecule has 0 saturated heterocycles. The van der Waals surface area contributed by atoms with E-state index < -0.39 is 0 Å². The van der Waals surface area contributed by atoms with E-state index >= 15 is 0 Å². The molecule has 18 heavy (non-hydrogen) atoms. The van der Waals surface area contributed by atoms with Gasteiger partial charge in [-0.3, -0.25) is 14.8 Å². The van der Waals surface area contributed by atoms with Crippen molar-refractivity contribution in [2.75, 3.05) is 18.7 Å². The molecule has 0 aliphatic heterocycles. The van der Waals surface area contributed by atoms with Gasteiger partial charge in [0.05, 0.1) is 7.11 Å². The predicted molar refractivity (Wildman–Crippen MR) is 69.4 cm³/mol. The Morgan fingerprint density at radius 2 is 2.33 bits per heavy atom. The average Bonchev–Trinajstić information content (AvgIpc) is 2.95. The lowest BCUT2D eigenvalue weighted by molar-refractivity contribution is 0.102. The maximum Gasteiger partial charge on any atom is 0.264 e. The molecule has 0 unspecified atom stereocenters. The predicted octanol–water partition coefficient (Wildman–Crippen LogP) is 1.25. The minimum atomic E-state index is -0.316. The van der Waals surface area contributed by atoms with Gasteiger partial charge in [-0.1, -0.05) is 23.1 Å². The number of hydrogen-bond donors (Lipinski definition) is 1. The second-order valence-corrected chi connectivity index (χ2v) is 5.29. The summed E-state index contributed by atoms with van der Waals surface area (Å²) in [6.45, 7) is 0. The second-order valence-electron chi connectivity index (χ2n) is 3.26. The van der Waals surface area contributed by atoms with Crippen molar-refractivity contribution < 1.29 is 9.53 Å². The number of aromatic nitrogens is 4. The normalized spacial score (nSPS) is 10.4. The van der Waals surface area contributed by atoms with E-state index in [0.717, 1.165) is 4.34 Å². The highest BCUT2D eigenvalue weighted by Gasteiger charge is 2.17. The van der Waals surface area contributed by atoms with Crippen LogP contribution in [0.4, 0.5) is 5.13 Å². The highest BCUT2D eigenvalue weighted by atomic mass is 32.2. The van der Waals surface area contributed by atoms with Crippen LogP contribution in [0.2, 0.25) is 0 Å². The number of carbonyl (C=O) groups excluding carboxylic acids is 1. The molecule has 0 aliphatic carbocycles. The van der Waals surface area contributed by atoms with Crippen molar-refractivity contribution in [1.29, 1.82) is 0 Å². The molecule has 2 heterocycles. The van der Waals surface area contributed by atoms with Crippen molar-refractivity contribution in [2.24, 2.45) is 7.05 Å². The molecule has 9 heteroatoms. The van der Waals surface area contributed by atoms with Gasteiger partial charge in [0, 0.05) is 13.2 Å². The minimum Gasteiger partial charge on any atom is -0.479 e. The molecule has 2 aromatic rings. The molecule has 0 saturated carbocycles. The molecule has 0 aliphatic rings. The Morgan fingerprint density at radius 3 is 2.94 bits per heavy atom. The summed E-state index contributed by atoms with van der Waals surface area (Å²) in [5.41, 5.74) is 0.362. The smallest absolute Gasteiger partial charge is 0.264 e. The third-order valence-corrected chi connectivity index (χ3v) is 3.85. The number of methoxy groups -OCH3 is 1. The van der Waals surface area contributed by atoms with E-state index in [1.54, 1.807) is 13.2 Å². The first-order valence-electron chi connectivity index (χ1n) is 4.90. The molecule has 0 aromatic carbocycles. The Kier molecular flexibility index (Phi) is 3.82. The number of nitrogens with one attached hydrogen (secondary N) is 1. The molecule has 96 valence electrons. The molecule has 0 spiro atoms. The lowest BCUT2D eigenvalue weighted by Gasteiger charge is -1.99. The average molecular weight is 285 g/mol. The Bertz CT molecular complexity index is 565. The van der Waals surface area contributed by atoms with Crippen molar-refractivity contribution in [3.05, 3.63) is 11.8 Å². The van der Waals surface area contributed by atoms with Gasteiger partial charge >= 0.3 is 0 Å². The van der Waals surface area contributed by atoms with Crippen molar-refractivity contribution in [1.82, 2.24) is 20.0 Å². The first kappa shape index (κ1) is 12.8. The van der Waals surface area contributed by atoms with E-state index in [-0.39, 0.29) is 11.8 Å². The summed E-state index contributed by atoms with van der Waals surface area (Å²) in [7, 11) is 3.19. The highest BCUT2D eigenvalue weighted by Crippen LogP contribution is 2.24. The van der Waals surface area contributed by atoms with Crippen LogP contribution in [-0.2, 0) is 7.05 Å². The summed E-state index contributed by atoms with van der Waals surface area (Å²) in [5.74, 6) is -0.0339. The van der Waals surface area contributed by atoms with E-state index in [0.29, 0.717) is 10.7 Å². The van der Waals surface area contributed by atoms with Gasteiger partial charge < -0.3 is 4.74 Å². The second kappa shape index (κ2) is 5.36. The van der Waals surface area contributed by atoms with Crippen molar-refractivity contribution in [2.45, 2.75) is 4.34 Å². The van der Waals surface area contributed by atoms with Crippen LogP contribution in [0.5, 0.6) is 5.88 Å². The molecule has 0 bridgehead atoms. The number of amides is 1. The number of nitrogens with zero attached hydrogens (tertiary/aromatic N) is 4. The lowest BCUT2D eigenvalue weighted by atomic mass is 10.3. The Balaban J connectivity index is 2.16. The van der Waals surface area contributed by atoms with Crippen LogP contribution in [0.1, 0.15) is 10.4 Å². The van der Waals surface area contributed by atoms with Gasteiger partial charge in [0.2, 0.25) is 11.0 Å². The van der Waals surface area contributed by atoms with Gasteiger partial charge in [0.25, 0.3) is 5.91 Å². The van der Waals surface area contributed by atoms with Crippen LogP contribution in [0.15, 0.2) is 10.5 Å². The van der Waals surface area contributed by atoms with Gasteiger partial charge in [-0.05, 0) is 6.26 Å². The number of thioether (sulfide) groups is 1. The largest absolute Gasteiger partial charge is 0.479 e. The van der Waals surface area contributed by atoms with Crippen molar-refractivity contribution in [3.8, 4) is 5.88 Å². The molecular weight excluding hydrogens is 274 g/mol. The zero-order chi connectivity index (χ0) is 13.1. The van der Waals surface area contributed by atoms with E-state index in [1.807, 2.05) is 6.26 Å². The van der Waals surface area contributed by atoms with Gasteiger partial charge in [-0.15, -0.1) is 15.3 Å². The summed E-state index contributed by atoms with van der Waals surface area (Å²) in [6.07, 6.45) is 3.49. The molecule has 0 fully saturated rings. The van der Waals surface area contributed by atoms with Crippen LogP contribution < -0.4 is 10.1 Å². The van der Waals surface area contributed by atoms with Crippen molar-refractivity contribution in [3.63, 3.8) is 0 Å². The van der Waals surface area contributed by atoms with Gasteiger partial charge in [-0.2, -0.15) is 0 Å². The zero-order valence-electron chi connectivity index (χ0n) is 10.00. The SMILES string of the molecule is COc1nn(C)cc1C(=O)Nc1nnc(SC)s1. The molecule has 1 amide bonds. The Hall–Kier alpha value is -1.61. The van der Waals surface area contributed by atoms with E-state index in [1.165, 1.54) is 34.9 Å². The maximum atomic E-state index is 12.0. The zero-order valence-corrected chi connectivity index (χ0v) is 11.6. The van der Waals surface area contributed by atoms with Crippen LogP contribution in [0.25, 0.3) is 0 Å². The lowest BCUT2D eigenvalue weighted by Crippen LogP contribution is -2.12. The molecular formula is C9H11N5O2S2. The summed E-state index contributed by atoms with van der Waals surface area (Å²) in [6, 6.07) is 0. The molecule has 0 atom stereocenters. The number of carbonyl (C=O) groups is 1. The third kappa shape index (κ3) is 2.62. The van der Waals surface area contributed by atoms with E-state index in [9.17, 15) is 4.79 Å². The molecule has 7 nitrogen and oxygen atoms in total. The molecule has 2 rings (SSSR count). The quantitative estimate of drug-likeness (QED) is 0.672. The number of ether oxygens (including phenoxy) is 1. The molecule has 0 radical (unpaired) electrons. The first-order valence-corrected chi connectivity index (χ1v) is 6.94. The summed E-state index contributed by atoms with van der Waals surface area (Å²) >= 11 is 2.79. The fourth-order valence-corrected chi connectivity index (χ4v) is 2.45. The maximum absolute atomic E-state index is 12.0. The number of anilines is 1. The van der Waals surface area contributed by atoms with Crippen LogP contribution >= 0.6 is 23.1 Å². The Morgan fingerprint density at radius 1 is 1.56 bits per heavy atom. The van der Waals surface area contributed by atoms with Crippen LogP contribution in [-0.4, -0.2) is 39.3 Å². The fourth-order valence-electron chi connectivity index (χ4n) is 1.28. The van der Waals surface area contributed by atoms with E-state index in [4.69, 9.17) is 4.74 Å². The van der Waals surface area contributed by atoms with Crippen LogP contribution in [0, 0.1) is 0 Å². The Labute approximate surface area is 112 Å². The van der Waals surface area contributed by atoms with Crippen LogP contribution in [0.3, 0.4) is 0 Å². The summed E-state index contributed by atoms with van der Waals surface area (Å²) in [5, 5.41) is 14.9. The topological polar surface area (TPSA) is 81.9 Å². The minimum absolute atomic E-state index is 0.282. The van der Waals surface area contributed by atoms with Gasteiger partial charge in [0.1, 0.15) is 5.56 Å². The summed E-state index contributed by atoms with van der Waals surface area (Å²) in [4.78, 5) is 12.0. The first-order chi connectivity index (χ1) is 8.63. The fraction of sp³-hybridized carbons (Fsp3) is 0.333. The number of rotatable bonds is 4. The monoisotopic (exact) mass is 285 g/mol. The standard InChI is InChI=1S/C9H11N5O2S2/c1-14-4-5(7(13-14)16-2)6(15)10-8-11-12-9(17-3)18-8/h4H,1-3H3,(H,10,11,15). The molecule has 2 aromatic heterocycles. The number of hydrogen-bond acceptors (Lipinski definition) is 7. The third-order valence-electron chi connectivity index (χ3n) is 2.03. The summed E-state index contributed by atoms with van der Waals surface area (Å²) < 4.78 is 7.33. The molecule has 1 N–H and O–H groups in total.